The molecule has 0 radical (unpaired) electrons. The standard InChI is InChI=1S/C23H24N4O7/c1-3-5-10-27-21-20(22(30)25-23(27)31)26(4-2)17(24-21)12-33-19(29)13-32-15-8-6-14-7-9-18(28)34-16(14)11-15/h6-9,11H,3-5,10,12-13H2,1-2H3,(H,25,30,31). The van der Waals surface area contributed by atoms with Crippen molar-refractivity contribution in [3.8, 4) is 5.75 Å². The van der Waals surface area contributed by atoms with Gasteiger partial charge in [0.15, 0.2) is 17.8 Å². The molecule has 1 N–H and O–H groups in total. The van der Waals surface area contributed by atoms with Gasteiger partial charge in [0.25, 0.3) is 5.56 Å². The third-order valence-corrected chi connectivity index (χ3v) is 5.33. The minimum atomic E-state index is -0.651. The SMILES string of the molecule is CCCCn1c(=O)[nH]c(=O)c2c1nc(COC(=O)COc1ccc3ccc(=O)oc3c1)n2CC. The second kappa shape index (κ2) is 9.77. The number of carbonyl (C=O) groups is 1. The Kier molecular flexibility index (Phi) is 6.62. The molecule has 4 aromatic rings. The molecule has 4 rings (SSSR count). The van der Waals surface area contributed by atoms with Crippen molar-refractivity contribution in [1.82, 2.24) is 19.1 Å². The van der Waals surface area contributed by atoms with Crippen LogP contribution in [0.1, 0.15) is 32.5 Å². The van der Waals surface area contributed by atoms with Crippen molar-refractivity contribution in [3.63, 3.8) is 0 Å². The second-order valence-corrected chi connectivity index (χ2v) is 7.61. The lowest BCUT2D eigenvalue weighted by Gasteiger charge is -2.08. The van der Waals surface area contributed by atoms with Crippen LogP contribution in [-0.4, -0.2) is 31.7 Å². The molecular formula is C23H24N4O7. The van der Waals surface area contributed by atoms with Crippen molar-refractivity contribution in [3.05, 3.63) is 67.4 Å². The van der Waals surface area contributed by atoms with Crippen molar-refractivity contribution < 1.29 is 18.7 Å². The quantitative estimate of drug-likeness (QED) is 0.290. The molecule has 0 atom stereocenters. The molecule has 0 fully saturated rings. The van der Waals surface area contributed by atoms with Gasteiger partial charge in [-0.1, -0.05) is 13.3 Å². The minimum absolute atomic E-state index is 0.196. The molecule has 11 nitrogen and oxygen atoms in total. The molecule has 0 aliphatic carbocycles. The maximum Gasteiger partial charge on any atom is 0.344 e. The van der Waals surface area contributed by atoms with Crippen LogP contribution in [0.3, 0.4) is 0 Å². The van der Waals surface area contributed by atoms with E-state index in [4.69, 9.17) is 13.9 Å². The van der Waals surface area contributed by atoms with Gasteiger partial charge in [0, 0.05) is 30.6 Å². The molecule has 0 amide bonds. The van der Waals surface area contributed by atoms with Gasteiger partial charge in [0.2, 0.25) is 0 Å². The number of rotatable bonds is 9. The van der Waals surface area contributed by atoms with E-state index in [2.05, 4.69) is 9.97 Å². The van der Waals surface area contributed by atoms with Crippen molar-refractivity contribution in [2.45, 2.75) is 46.4 Å². The number of fused-ring (bicyclic) bond motifs is 2. The number of nitrogens with zero attached hydrogens (tertiary/aromatic N) is 3. The second-order valence-electron chi connectivity index (χ2n) is 7.61. The minimum Gasteiger partial charge on any atom is -0.482 e. The molecule has 0 saturated heterocycles. The monoisotopic (exact) mass is 468 g/mol. The summed E-state index contributed by atoms with van der Waals surface area (Å²) < 4.78 is 18.9. The van der Waals surface area contributed by atoms with Crippen molar-refractivity contribution >= 4 is 28.1 Å². The number of hydrogen-bond donors (Lipinski definition) is 1. The largest absolute Gasteiger partial charge is 0.482 e. The number of aromatic amines is 1. The van der Waals surface area contributed by atoms with E-state index in [0.29, 0.717) is 30.2 Å². The van der Waals surface area contributed by atoms with Crippen LogP contribution in [0.15, 0.2) is 49.1 Å². The van der Waals surface area contributed by atoms with Crippen LogP contribution in [-0.2, 0) is 29.2 Å². The molecular weight excluding hydrogens is 444 g/mol. The fourth-order valence-corrected chi connectivity index (χ4v) is 3.65. The van der Waals surface area contributed by atoms with Gasteiger partial charge in [-0.2, -0.15) is 0 Å². The molecule has 0 saturated carbocycles. The summed E-state index contributed by atoms with van der Waals surface area (Å²) in [7, 11) is 0. The molecule has 0 unspecified atom stereocenters. The Hall–Kier alpha value is -4.15. The van der Waals surface area contributed by atoms with Gasteiger partial charge in [-0.3, -0.25) is 14.3 Å². The number of aromatic nitrogens is 4. The molecule has 11 heteroatoms. The van der Waals surface area contributed by atoms with Gasteiger partial charge in [0.1, 0.15) is 23.8 Å². The van der Waals surface area contributed by atoms with E-state index in [9.17, 15) is 19.2 Å². The van der Waals surface area contributed by atoms with Crippen LogP contribution >= 0.6 is 0 Å². The first-order chi connectivity index (χ1) is 16.4. The summed E-state index contributed by atoms with van der Waals surface area (Å²) in [5, 5.41) is 0.723. The zero-order valence-corrected chi connectivity index (χ0v) is 18.8. The first-order valence-electron chi connectivity index (χ1n) is 11.0. The lowest BCUT2D eigenvalue weighted by atomic mass is 10.2. The lowest BCUT2D eigenvalue weighted by Crippen LogP contribution is -2.31. The van der Waals surface area contributed by atoms with E-state index in [0.717, 1.165) is 18.2 Å². The molecule has 3 aromatic heterocycles. The van der Waals surface area contributed by atoms with Crippen LogP contribution in [0.25, 0.3) is 22.1 Å². The number of carbonyl (C=O) groups excluding carboxylic acids is 1. The average molecular weight is 468 g/mol. The van der Waals surface area contributed by atoms with Gasteiger partial charge in [0.05, 0.1) is 0 Å². The Labute approximate surface area is 192 Å². The zero-order valence-electron chi connectivity index (χ0n) is 18.8. The Bertz CT molecular complexity index is 1530. The maximum absolute atomic E-state index is 12.4. The highest BCUT2D eigenvalue weighted by Crippen LogP contribution is 2.19. The summed E-state index contributed by atoms with van der Waals surface area (Å²) in [6.07, 6.45) is 1.62. The van der Waals surface area contributed by atoms with E-state index in [1.165, 1.54) is 16.7 Å². The number of esters is 1. The first kappa shape index (κ1) is 23.0. The van der Waals surface area contributed by atoms with E-state index in [1.807, 2.05) is 13.8 Å². The summed E-state index contributed by atoms with van der Waals surface area (Å²) >= 11 is 0. The summed E-state index contributed by atoms with van der Waals surface area (Å²) in [4.78, 5) is 55.2. The van der Waals surface area contributed by atoms with Crippen LogP contribution in [0.2, 0.25) is 0 Å². The van der Waals surface area contributed by atoms with Crippen molar-refractivity contribution in [2.75, 3.05) is 6.61 Å². The molecule has 34 heavy (non-hydrogen) atoms. The summed E-state index contributed by atoms with van der Waals surface area (Å²) in [6.45, 7) is 4.07. The number of benzene rings is 1. The van der Waals surface area contributed by atoms with E-state index in [-0.39, 0.29) is 24.4 Å². The fraction of sp³-hybridized carbons (Fsp3) is 0.348. The van der Waals surface area contributed by atoms with Crippen molar-refractivity contribution in [2.24, 2.45) is 0 Å². The Morgan fingerprint density at radius 2 is 1.91 bits per heavy atom. The molecule has 0 aliphatic rings. The normalized spacial score (nSPS) is 11.2. The average Bonchev–Trinajstić information content (AvgIpc) is 3.19. The number of unbranched alkanes of at least 4 members (excludes halogenated alkanes) is 1. The summed E-state index contributed by atoms with van der Waals surface area (Å²) in [5.41, 5.74) is -0.667. The number of imidazole rings is 1. The number of hydrogen-bond acceptors (Lipinski definition) is 8. The lowest BCUT2D eigenvalue weighted by molar-refractivity contribution is -0.147. The number of aryl methyl sites for hydroxylation is 2. The summed E-state index contributed by atoms with van der Waals surface area (Å²) in [6, 6.07) is 7.82. The highest BCUT2D eigenvalue weighted by atomic mass is 16.6. The predicted molar refractivity (Wildman–Crippen MR) is 123 cm³/mol. The van der Waals surface area contributed by atoms with Crippen LogP contribution in [0.4, 0.5) is 0 Å². The van der Waals surface area contributed by atoms with Crippen LogP contribution in [0.5, 0.6) is 5.75 Å². The van der Waals surface area contributed by atoms with E-state index < -0.39 is 22.8 Å². The maximum atomic E-state index is 12.4. The Morgan fingerprint density at radius 3 is 2.68 bits per heavy atom. The smallest absolute Gasteiger partial charge is 0.344 e. The number of nitrogens with one attached hydrogen (secondary N) is 1. The molecule has 0 bridgehead atoms. The number of H-pyrrole nitrogens is 1. The number of ether oxygens (including phenoxy) is 2. The molecule has 1 aromatic carbocycles. The Morgan fingerprint density at radius 1 is 1.12 bits per heavy atom. The third-order valence-electron chi connectivity index (χ3n) is 5.33. The van der Waals surface area contributed by atoms with Gasteiger partial charge in [-0.05, 0) is 31.5 Å². The molecule has 3 heterocycles. The molecule has 0 spiro atoms. The van der Waals surface area contributed by atoms with E-state index >= 15 is 0 Å². The fourth-order valence-electron chi connectivity index (χ4n) is 3.65. The van der Waals surface area contributed by atoms with E-state index in [1.54, 1.807) is 22.8 Å². The molecule has 178 valence electrons. The highest BCUT2D eigenvalue weighted by Gasteiger charge is 2.19. The van der Waals surface area contributed by atoms with Crippen molar-refractivity contribution in [1.29, 1.82) is 0 Å². The highest BCUT2D eigenvalue weighted by molar-refractivity contribution is 5.78. The van der Waals surface area contributed by atoms with Crippen LogP contribution < -0.4 is 21.6 Å². The zero-order chi connectivity index (χ0) is 24.2. The third kappa shape index (κ3) is 4.63. The van der Waals surface area contributed by atoms with Crippen LogP contribution in [0, 0.1) is 0 Å². The first-order valence-corrected chi connectivity index (χ1v) is 11.0. The topological polar surface area (TPSA) is 138 Å². The van der Waals surface area contributed by atoms with Gasteiger partial charge in [-0.15, -0.1) is 0 Å². The van der Waals surface area contributed by atoms with Gasteiger partial charge >= 0.3 is 17.3 Å². The molecule has 0 aliphatic heterocycles. The van der Waals surface area contributed by atoms with Gasteiger partial charge in [-0.25, -0.2) is 19.4 Å². The Balaban J connectivity index is 1.49. The summed E-state index contributed by atoms with van der Waals surface area (Å²) in [5.74, 6) is 0.0346. The van der Waals surface area contributed by atoms with Gasteiger partial charge < -0.3 is 18.5 Å². The predicted octanol–water partition coefficient (Wildman–Crippen LogP) is 1.93.